The average Bonchev–Trinajstić information content (AvgIpc) is 2.40. The van der Waals surface area contributed by atoms with Crippen molar-refractivity contribution in [2.24, 2.45) is 5.73 Å². The lowest BCUT2D eigenvalue weighted by molar-refractivity contribution is -0.117. The van der Waals surface area contributed by atoms with Crippen LogP contribution in [0.25, 0.3) is 0 Å². The van der Waals surface area contributed by atoms with Gasteiger partial charge in [-0.15, -0.1) is 0 Å². The molecule has 0 saturated carbocycles. The highest BCUT2D eigenvalue weighted by molar-refractivity contribution is 5.76. The third-order valence-electron chi connectivity index (χ3n) is 2.99. The zero-order chi connectivity index (χ0) is 13.7. The van der Waals surface area contributed by atoms with Crippen LogP contribution in [0.3, 0.4) is 0 Å². The number of nitrogens with two attached hydrogens (primary N) is 1. The van der Waals surface area contributed by atoms with Crippen LogP contribution in [0.2, 0.25) is 0 Å². The number of benzene rings is 2. The fourth-order valence-corrected chi connectivity index (χ4v) is 2.13. The summed E-state index contributed by atoms with van der Waals surface area (Å²) in [6, 6.07) is 18.3. The van der Waals surface area contributed by atoms with E-state index in [2.05, 4.69) is 30.4 Å². The van der Waals surface area contributed by atoms with Crippen molar-refractivity contribution in [3.63, 3.8) is 0 Å². The minimum atomic E-state index is -0.353. The fraction of sp³-hybridized carbons (Fsp3) is 0.188. The molecule has 3 nitrogen and oxygen atoms in total. The first-order chi connectivity index (χ1) is 9.16. The van der Waals surface area contributed by atoms with Crippen LogP contribution in [0.1, 0.15) is 22.7 Å². The van der Waals surface area contributed by atoms with Crippen molar-refractivity contribution in [2.45, 2.75) is 13.0 Å². The molecule has 0 radical (unpaired) electrons. The summed E-state index contributed by atoms with van der Waals surface area (Å²) >= 11 is 0. The third-order valence-corrected chi connectivity index (χ3v) is 2.99. The van der Waals surface area contributed by atoms with Gasteiger partial charge in [0.25, 0.3) is 0 Å². The van der Waals surface area contributed by atoms with Crippen LogP contribution in [0, 0.1) is 6.92 Å². The monoisotopic (exact) mass is 254 g/mol. The summed E-state index contributed by atoms with van der Waals surface area (Å²) in [5.74, 6) is -0.353. The zero-order valence-corrected chi connectivity index (χ0v) is 11.0. The van der Waals surface area contributed by atoms with E-state index in [9.17, 15) is 4.79 Å². The van der Waals surface area contributed by atoms with Crippen molar-refractivity contribution in [1.82, 2.24) is 5.32 Å². The number of carbonyl (C=O) groups excluding carboxylic acids is 1. The van der Waals surface area contributed by atoms with Gasteiger partial charge in [-0.25, -0.2) is 0 Å². The van der Waals surface area contributed by atoms with Gasteiger partial charge in [-0.1, -0.05) is 60.2 Å². The molecule has 3 heteroatoms. The summed E-state index contributed by atoms with van der Waals surface area (Å²) in [4.78, 5) is 11.0. The molecule has 2 aromatic carbocycles. The lowest BCUT2D eigenvalue weighted by Crippen LogP contribution is -2.32. The average molecular weight is 254 g/mol. The number of carbonyl (C=O) groups is 1. The Morgan fingerprint density at radius 1 is 1.11 bits per heavy atom. The second kappa shape index (κ2) is 6.16. The van der Waals surface area contributed by atoms with Crippen molar-refractivity contribution >= 4 is 5.91 Å². The van der Waals surface area contributed by atoms with Gasteiger partial charge in [0, 0.05) is 0 Å². The van der Waals surface area contributed by atoms with Crippen LogP contribution >= 0.6 is 0 Å². The van der Waals surface area contributed by atoms with Gasteiger partial charge in [0.15, 0.2) is 0 Å². The minimum Gasteiger partial charge on any atom is -0.369 e. The predicted octanol–water partition coefficient (Wildman–Crippen LogP) is 2.16. The van der Waals surface area contributed by atoms with E-state index in [1.807, 2.05) is 36.4 Å². The summed E-state index contributed by atoms with van der Waals surface area (Å²) < 4.78 is 0. The van der Waals surface area contributed by atoms with Crippen molar-refractivity contribution in [1.29, 1.82) is 0 Å². The van der Waals surface area contributed by atoms with E-state index in [0.29, 0.717) is 0 Å². The predicted molar refractivity (Wildman–Crippen MR) is 76.7 cm³/mol. The SMILES string of the molecule is Cc1cccc(C(NCC(N)=O)c2ccccc2)c1. The number of aryl methyl sites for hydroxylation is 1. The first-order valence-electron chi connectivity index (χ1n) is 6.30. The van der Waals surface area contributed by atoms with E-state index in [0.717, 1.165) is 11.1 Å². The Kier molecular flexibility index (Phi) is 4.31. The van der Waals surface area contributed by atoms with Gasteiger partial charge in [0.2, 0.25) is 5.91 Å². The van der Waals surface area contributed by atoms with Crippen molar-refractivity contribution < 1.29 is 4.79 Å². The molecule has 0 aromatic heterocycles. The highest BCUT2D eigenvalue weighted by atomic mass is 16.1. The molecule has 98 valence electrons. The molecule has 1 unspecified atom stereocenters. The minimum absolute atomic E-state index is 0.0198. The molecular formula is C16H18N2O. The molecule has 0 saturated heterocycles. The first kappa shape index (κ1) is 13.3. The molecule has 0 bridgehead atoms. The highest BCUT2D eigenvalue weighted by Crippen LogP contribution is 2.22. The molecule has 0 fully saturated rings. The Balaban J connectivity index is 2.31. The van der Waals surface area contributed by atoms with Crippen LogP contribution in [-0.4, -0.2) is 12.5 Å². The van der Waals surface area contributed by atoms with Gasteiger partial charge in [-0.05, 0) is 18.1 Å². The van der Waals surface area contributed by atoms with Gasteiger partial charge >= 0.3 is 0 Å². The Labute approximate surface area is 113 Å². The number of amides is 1. The topological polar surface area (TPSA) is 55.1 Å². The molecule has 0 aliphatic carbocycles. The van der Waals surface area contributed by atoms with E-state index < -0.39 is 0 Å². The number of hydrogen-bond acceptors (Lipinski definition) is 2. The number of rotatable bonds is 5. The molecule has 19 heavy (non-hydrogen) atoms. The fourth-order valence-electron chi connectivity index (χ4n) is 2.13. The normalized spacial score (nSPS) is 12.1. The van der Waals surface area contributed by atoms with Gasteiger partial charge in [-0.3, -0.25) is 10.1 Å². The maximum absolute atomic E-state index is 11.0. The molecule has 3 N–H and O–H groups in total. The van der Waals surface area contributed by atoms with E-state index in [-0.39, 0.29) is 18.5 Å². The Morgan fingerprint density at radius 2 is 1.79 bits per heavy atom. The smallest absolute Gasteiger partial charge is 0.231 e. The molecule has 1 atom stereocenters. The Bertz CT molecular complexity index is 552. The molecule has 1 amide bonds. The maximum Gasteiger partial charge on any atom is 0.231 e. The third kappa shape index (κ3) is 3.66. The van der Waals surface area contributed by atoms with Crippen LogP contribution in [0.15, 0.2) is 54.6 Å². The van der Waals surface area contributed by atoms with Gasteiger partial charge in [0.05, 0.1) is 12.6 Å². The second-order valence-electron chi connectivity index (χ2n) is 4.61. The van der Waals surface area contributed by atoms with Gasteiger partial charge < -0.3 is 5.73 Å². The number of primary amides is 1. The standard InChI is InChI=1S/C16H18N2O/c1-12-6-5-9-14(10-12)16(18-11-15(17)19)13-7-3-2-4-8-13/h2-10,16,18H,11H2,1H3,(H2,17,19). The number of hydrogen-bond donors (Lipinski definition) is 2. The van der Waals surface area contributed by atoms with Crippen LogP contribution in [-0.2, 0) is 4.79 Å². The molecule has 2 aromatic rings. The van der Waals surface area contributed by atoms with Crippen LogP contribution in [0.4, 0.5) is 0 Å². The molecule has 0 spiro atoms. The van der Waals surface area contributed by atoms with Gasteiger partial charge in [-0.2, -0.15) is 0 Å². The van der Waals surface area contributed by atoms with Gasteiger partial charge in [0.1, 0.15) is 0 Å². The molecule has 0 aliphatic heterocycles. The maximum atomic E-state index is 11.0. The second-order valence-corrected chi connectivity index (χ2v) is 4.61. The van der Waals surface area contributed by atoms with Crippen molar-refractivity contribution in [3.05, 3.63) is 71.3 Å². The largest absolute Gasteiger partial charge is 0.369 e. The summed E-state index contributed by atoms with van der Waals surface area (Å²) in [5, 5.41) is 3.20. The zero-order valence-electron chi connectivity index (χ0n) is 11.0. The van der Waals surface area contributed by atoms with E-state index in [1.165, 1.54) is 5.56 Å². The first-order valence-corrected chi connectivity index (χ1v) is 6.30. The Morgan fingerprint density at radius 3 is 2.42 bits per heavy atom. The molecule has 0 heterocycles. The molecule has 0 aliphatic rings. The van der Waals surface area contributed by atoms with Crippen LogP contribution in [0.5, 0.6) is 0 Å². The lowest BCUT2D eigenvalue weighted by atomic mass is 9.97. The highest BCUT2D eigenvalue weighted by Gasteiger charge is 2.14. The summed E-state index contributed by atoms with van der Waals surface area (Å²) in [6.07, 6.45) is 0. The van der Waals surface area contributed by atoms with E-state index >= 15 is 0 Å². The summed E-state index contributed by atoms with van der Waals surface area (Å²) in [6.45, 7) is 2.22. The summed E-state index contributed by atoms with van der Waals surface area (Å²) in [7, 11) is 0. The van der Waals surface area contributed by atoms with Crippen LogP contribution < -0.4 is 11.1 Å². The Hall–Kier alpha value is -2.13. The summed E-state index contributed by atoms with van der Waals surface area (Å²) in [5.41, 5.74) is 8.67. The van der Waals surface area contributed by atoms with E-state index in [4.69, 9.17) is 5.73 Å². The molecule has 2 rings (SSSR count). The molecular weight excluding hydrogens is 236 g/mol. The van der Waals surface area contributed by atoms with E-state index in [1.54, 1.807) is 0 Å². The van der Waals surface area contributed by atoms with Crippen molar-refractivity contribution in [3.8, 4) is 0 Å². The lowest BCUT2D eigenvalue weighted by Gasteiger charge is -2.19. The quantitative estimate of drug-likeness (QED) is 0.859. The van der Waals surface area contributed by atoms with Crippen molar-refractivity contribution in [2.75, 3.05) is 6.54 Å². The number of nitrogens with one attached hydrogen (secondary N) is 1.